The Hall–Kier alpha value is -3.50. The minimum Gasteiger partial charge on any atom is -0.391 e. The van der Waals surface area contributed by atoms with Crippen LogP contribution in [0.25, 0.3) is 17.0 Å². The zero-order valence-corrected chi connectivity index (χ0v) is 20.3. The van der Waals surface area contributed by atoms with Crippen molar-refractivity contribution in [2.45, 2.75) is 50.8 Å². The number of hydrogen-bond acceptors (Lipinski definition) is 7. The fourth-order valence-electron chi connectivity index (χ4n) is 5.21. The molecule has 5 rings (SSSR count). The lowest BCUT2D eigenvalue weighted by Gasteiger charge is -2.39. The first-order valence-corrected chi connectivity index (χ1v) is 12.1. The van der Waals surface area contributed by atoms with Gasteiger partial charge in [-0.05, 0) is 51.3 Å². The third kappa shape index (κ3) is 4.59. The average molecular weight is 476 g/mol. The zero-order chi connectivity index (χ0) is 24.6. The zero-order valence-electron chi connectivity index (χ0n) is 20.3. The fourth-order valence-corrected chi connectivity index (χ4v) is 5.21. The maximum Gasteiger partial charge on any atom is 0.201 e. The monoisotopic (exact) mass is 475 g/mol. The molecule has 10 heteroatoms. The lowest BCUT2D eigenvalue weighted by Crippen LogP contribution is -2.57. The van der Waals surface area contributed by atoms with E-state index in [0.717, 1.165) is 61.2 Å². The Balaban J connectivity index is 1.43. The first kappa shape index (κ1) is 23.3. The van der Waals surface area contributed by atoms with Crippen molar-refractivity contribution in [2.24, 2.45) is 10.7 Å². The average Bonchev–Trinajstić information content (AvgIpc) is 3.38. The van der Waals surface area contributed by atoms with Crippen LogP contribution in [0, 0.1) is 0 Å². The van der Waals surface area contributed by atoms with E-state index in [1.54, 1.807) is 18.5 Å². The number of aromatic nitrogens is 4. The van der Waals surface area contributed by atoms with Gasteiger partial charge < -0.3 is 30.9 Å². The second-order valence-corrected chi connectivity index (χ2v) is 9.90. The van der Waals surface area contributed by atoms with Crippen LogP contribution in [0.2, 0.25) is 0 Å². The lowest BCUT2D eigenvalue weighted by atomic mass is 10.0. The Kier molecular flexibility index (Phi) is 6.16. The lowest BCUT2D eigenvalue weighted by molar-refractivity contribution is 0.139. The summed E-state index contributed by atoms with van der Waals surface area (Å²) in [6.45, 7) is 11.0. The Labute approximate surface area is 205 Å². The van der Waals surface area contributed by atoms with Gasteiger partial charge in [-0.15, -0.1) is 10.2 Å². The van der Waals surface area contributed by atoms with Crippen LogP contribution in [-0.4, -0.2) is 62.1 Å². The van der Waals surface area contributed by atoms with Gasteiger partial charge in [0, 0.05) is 42.3 Å². The minimum absolute atomic E-state index is 0.0255. The number of aliphatic hydroxyl groups excluding tert-OH is 1. The Morgan fingerprint density at radius 2 is 2.17 bits per heavy atom. The number of rotatable bonds is 5. The molecule has 0 aromatic carbocycles. The van der Waals surface area contributed by atoms with Crippen LogP contribution in [0.4, 0.5) is 17.5 Å². The molecule has 10 nitrogen and oxygen atoms in total. The molecule has 184 valence electrons. The van der Waals surface area contributed by atoms with Gasteiger partial charge in [0.1, 0.15) is 5.82 Å². The molecular weight excluding hydrogens is 442 g/mol. The van der Waals surface area contributed by atoms with E-state index < -0.39 is 6.10 Å². The van der Waals surface area contributed by atoms with Crippen molar-refractivity contribution >= 4 is 40.4 Å². The number of aliphatic imine (C=N–C) groups is 1. The van der Waals surface area contributed by atoms with Gasteiger partial charge in [-0.3, -0.25) is 4.98 Å². The molecule has 1 saturated heterocycles. The highest BCUT2D eigenvalue weighted by molar-refractivity contribution is 5.99. The number of aliphatic hydroxyl groups is 1. The van der Waals surface area contributed by atoms with Crippen LogP contribution in [0.3, 0.4) is 0 Å². The molecule has 4 heterocycles. The molecule has 0 amide bonds. The van der Waals surface area contributed by atoms with E-state index in [4.69, 9.17) is 10.7 Å². The van der Waals surface area contributed by atoms with Crippen molar-refractivity contribution in [3.05, 3.63) is 42.7 Å². The normalized spacial score (nSPS) is 22.5. The van der Waals surface area contributed by atoms with E-state index in [-0.39, 0.29) is 17.5 Å². The molecule has 0 radical (unpaired) electrons. The van der Waals surface area contributed by atoms with Crippen molar-refractivity contribution < 1.29 is 5.11 Å². The molecule has 1 aliphatic heterocycles. The molecule has 1 saturated carbocycles. The third-order valence-electron chi connectivity index (χ3n) is 6.83. The predicted octanol–water partition coefficient (Wildman–Crippen LogP) is 2.80. The van der Waals surface area contributed by atoms with E-state index >= 15 is 0 Å². The fraction of sp³-hybridized carbons (Fsp3) is 0.440. The number of guanidine groups is 1. The Morgan fingerprint density at radius 3 is 2.86 bits per heavy atom. The summed E-state index contributed by atoms with van der Waals surface area (Å²) >= 11 is 0. The highest BCUT2D eigenvalue weighted by Gasteiger charge is 2.31. The van der Waals surface area contributed by atoms with E-state index in [2.05, 4.69) is 51.1 Å². The van der Waals surface area contributed by atoms with Gasteiger partial charge in [-0.2, -0.15) is 4.99 Å². The number of nitrogens with two attached hydrogens (primary N) is 1. The standard InChI is InChI=1S/C25H33N9O/c1-4-16-17-10-11-27-14-19(17)34(18-6-5-7-20(18)35)23(16)30-24(26)29-21-8-9-22(32-31-21)33-13-12-28-25(2,3)15-33/h4,8-11,14,18,20,28,35H,1,5-7,12-13,15H2,2-3H3,(H3,26,29,30,31)/t18-,20+/m0/s1. The summed E-state index contributed by atoms with van der Waals surface area (Å²) in [6.07, 6.45) is 7.46. The number of nitrogens with one attached hydrogen (secondary N) is 2. The molecule has 0 spiro atoms. The van der Waals surface area contributed by atoms with Crippen LogP contribution in [0.1, 0.15) is 44.7 Å². The van der Waals surface area contributed by atoms with E-state index in [0.29, 0.717) is 11.6 Å². The van der Waals surface area contributed by atoms with Crippen molar-refractivity contribution in [1.29, 1.82) is 0 Å². The van der Waals surface area contributed by atoms with Gasteiger partial charge in [-0.25, -0.2) is 0 Å². The van der Waals surface area contributed by atoms with Gasteiger partial charge in [0.25, 0.3) is 0 Å². The van der Waals surface area contributed by atoms with E-state index in [9.17, 15) is 5.11 Å². The summed E-state index contributed by atoms with van der Waals surface area (Å²) in [5.41, 5.74) is 8.12. The Morgan fingerprint density at radius 1 is 1.31 bits per heavy atom. The summed E-state index contributed by atoms with van der Waals surface area (Å²) in [5.74, 6) is 2.17. The largest absolute Gasteiger partial charge is 0.391 e. The molecular formula is C25H33N9O. The van der Waals surface area contributed by atoms with E-state index in [1.807, 2.05) is 22.8 Å². The number of fused-ring (bicyclic) bond motifs is 1. The molecule has 2 aliphatic rings. The maximum atomic E-state index is 10.7. The van der Waals surface area contributed by atoms with Crippen LogP contribution >= 0.6 is 0 Å². The van der Waals surface area contributed by atoms with Gasteiger partial charge in [0.05, 0.1) is 23.9 Å². The number of pyridine rings is 1. The summed E-state index contributed by atoms with van der Waals surface area (Å²) in [4.78, 5) is 11.2. The number of piperazine rings is 1. The molecule has 1 aliphatic carbocycles. The summed E-state index contributed by atoms with van der Waals surface area (Å²) in [5, 5.41) is 26.9. The predicted molar refractivity (Wildman–Crippen MR) is 140 cm³/mol. The topological polar surface area (TPSA) is 130 Å². The molecule has 2 atom stereocenters. The highest BCUT2D eigenvalue weighted by Crippen LogP contribution is 2.41. The van der Waals surface area contributed by atoms with Crippen molar-refractivity contribution in [3.63, 3.8) is 0 Å². The molecule has 35 heavy (non-hydrogen) atoms. The van der Waals surface area contributed by atoms with Crippen LogP contribution in [0.15, 0.2) is 42.2 Å². The second-order valence-electron chi connectivity index (χ2n) is 9.90. The van der Waals surface area contributed by atoms with Crippen LogP contribution in [-0.2, 0) is 0 Å². The number of hydrogen-bond donors (Lipinski definition) is 4. The smallest absolute Gasteiger partial charge is 0.201 e. The molecule has 5 N–H and O–H groups in total. The Bertz CT molecular complexity index is 1250. The van der Waals surface area contributed by atoms with Crippen LogP contribution < -0.4 is 21.3 Å². The van der Waals surface area contributed by atoms with E-state index in [1.165, 1.54) is 0 Å². The number of anilines is 2. The summed E-state index contributed by atoms with van der Waals surface area (Å²) in [6, 6.07) is 5.64. The SMILES string of the molecule is C=Cc1c(/N=C(\N)Nc2ccc(N3CCNC(C)(C)C3)nn2)n([C@H]2CCC[C@H]2O)c2cnccc12. The van der Waals surface area contributed by atoms with Gasteiger partial charge in [0.2, 0.25) is 5.96 Å². The van der Waals surface area contributed by atoms with Gasteiger partial charge >= 0.3 is 0 Å². The summed E-state index contributed by atoms with van der Waals surface area (Å²) in [7, 11) is 0. The van der Waals surface area contributed by atoms with Crippen LogP contribution in [0.5, 0.6) is 0 Å². The first-order chi connectivity index (χ1) is 16.9. The summed E-state index contributed by atoms with van der Waals surface area (Å²) < 4.78 is 2.05. The molecule has 3 aromatic rings. The van der Waals surface area contributed by atoms with Gasteiger partial charge in [0.15, 0.2) is 11.6 Å². The molecule has 3 aromatic heterocycles. The number of nitrogens with zero attached hydrogens (tertiary/aromatic N) is 6. The van der Waals surface area contributed by atoms with Crippen molar-refractivity contribution in [1.82, 2.24) is 25.1 Å². The molecule has 0 unspecified atom stereocenters. The van der Waals surface area contributed by atoms with Gasteiger partial charge in [-0.1, -0.05) is 12.7 Å². The highest BCUT2D eigenvalue weighted by atomic mass is 16.3. The quantitative estimate of drug-likeness (QED) is 0.327. The third-order valence-corrected chi connectivity index (χ3v) is 6.83. The molecule has 2 fully saturated rings. The second kappa shape index (κ2) is 9.27. The van der Waals surface area contributed by atoms with Crippen molar-refractivity contribution in [3.8, 4) is 0 Å². The molecule has 0 bridgehead atoms. The minimum atomic E-state index is -0.444. The van der Waals surface area contributed by atoms with Crippen molar-refractivity contribution in [2.75, 3.05) is 29.9 Å². The maximum absolute atomic E-state index is 10.7. The first-order valence-electron chi connectivity index (χ1n) is 12.1.